The average molecular weight is 386 g/mol. The third-order valence-electron chi connectivity index (χ3n) is 5.38. The molecule has 1 unspecified atom stereocenters. The highest BCUT2D eigenvalue weighted by atomic mass is 16.4. The Morgan fingerprint density at radius 3 is 1.93 bits per heavy atom. The van der Waals surface area contributed by atoms with Crippen LogP contribution in [0.5, 0.6) is 0 Å². The molecule has 0 saturated heterocycles. The van der Waals surface area contributed by atoms with Crippen molar-refractivity contribution in [2.75, 3.05) is 6.54 Å². The molecule has 0 fully saturated rings. The van der Waals surface area contributed by atoms with Crippen molar-refractivity contribution in [3.63, 3.8) is 0 Å². The molecule has 6 nitrogen and oxygen atoms in total. The van der Waals surface area contributed by atoms with E-state index in [1.807, 2.05) is 13.8 Å². The number of likely N-dealkylation sites (N-methyl/N-ethyl adjacent to an activating group) is 1. The minimum absolute atomic E-state index is 0.170. The van der Waals surface area contributed by atoms with Crippen molar-refractivity contribution in [1.29, 1.82) is 0 Å². The van der Waals surface area contributed by atoms with Crippen molar-refractivity contribution in [1.82, 2.24) is 4.90 Å². The molecule has 0 aliphatic heterocycles. The van der Waals surface area contributed by atoms with E-state index in [4.69, 9.17) is 0 Å². The predicted molar refractivity (Wildman–Crippen MR) is 107 cm³/mol. The number of hydrogen-bond acceptors (Lipinski definition) is 3. The molecule has 27 heavy (non-hydrogen) atoms. The van der Waals surface area contributed by atoms with Crippen molar-refractivity contribution in [3.8, 4) is 0 Å². The molecule has 0 aliphatic carbocycles. The first-order valence-corrected chi connectivity index (χ1v) is 10.6. The molecular formula is C21H39NO5. The number of carboxylic acid groups (broad SMARTS) is 2. The Balaban J connectivity index is 6.03. The first-order valence-electron chi connectivity index (χ1n) is 10.6. The number of aliphatic carboxylic acids is 2. The fraction of sp³-hybridized carbons (Fsp3) is 0.857. The van der Waals surface area contributed by atoms with E-state index in [0.717, 1.165) is 38.5 Å². The normalized spacial score (nSPS) is 14.4. The number of rotatable bonds is 16. The smallest absolute Gasteiger partial charge is 0.329 e. The number of amides is 1. The summed E-state index contributed by atoms with van der Waals surface area (Å²) >= 11 is 0. The van der Waals surface area contributed by atoms with Crippen molar-refractivity contribution >= 4 is 17.8 Å². The van der Waals surface area contributed by atoms with Crippen LogP contribution < -0.4 is 0 Å². The van der Waals surface area contributed by atoms with E-state index < -0.39 is 23.4 Å². The molecule has 2 atom stereocenters. The molecular weight excluding hydrogens is 346 g/mol. The highest BCUT2D eigenvalue weighted by Crippen LogP contribution is 2.37. The molecule has 0 heterocycles. The lowest BCUT2D eigenvalue weighted by Crippen LogP contribution is -2.61. The fourth-order valence-corrected chi connectivity index (χ4v) is 3.92. The van der Waals surface area contributed by atoms with Gasteiger partial charge in [-0.15, -0.1) is 0 Å². The number of unbranched alkanes of at least 4 members (excludes halogenated alkanes) is 4. The van der Waals surface area contributed by atoms with Gasteiger partial charge in [0.15, 0.2) is 0 Å². The van der Waals surface area contributed by atoms with Gasteiger partial charge in [0.05, 0.1) is 6.42 Å². The molecule has 0 aromatic rings. The first kappa shape index (κ1) is 25.4. The number of carboxylic acids is 2. The highest BCUT2D eigenvalue weighted by molar-refractivity contribution is 5.88. The van der Waals surface area contributed by atoms with Crippen LogP contribution in [0.3, 0.4) is 0 Å². The lowest BCUT2D eigenvalue weighted by molar-refractivity contribution is -0.167. The average Bonchev–Trinajstić information content (AvgIpc) is 2.61. The fourth-order valence-electron chi connectivity index (χ4n) is 3.92. The summed E-state index contributed by atoms with van der Waals surface area (Å²) in [4.78, 5) is 38.5. The summed E-state index contributed by atoms with van der Waals surface area (Å²) in [6.07, 6.45) is 6.57. The van der Waals surface area contributed by atoms with Crippen molar-refractivity contribution < 1.29 is 24.6 Å². The van der Waals surface area contributed by atoms with Crippen LogP contribution >= 0.6 is 0 Å². The molecule has 0 radical (unpaired) electrons. The van der Waals surface area contributed by atoms with Gasteiger partial charge in [-0.05, 0) is 26.2 Å². The Hall–Kier alpha value is -1.59. The predicted octanol–water partition coefficient (Wildman–Crippen LogP) is 4.71. The second-order valence-electron chi connectivity index (χ2n) is 7.37. The Morgan fingerprint density at radius 2 is 1.48 bits per heavy atom. The van der Waals surface area contributed by atoms with Crippen LogP contribution in [0, 0.1) is 5.92 Å². The summed E-state index contributed by atoms with van der Waals surface area (Å²) in [5.74, 6) is -2.83. The topological polar surface area (TPSA) is 94.9 Å². The summed E-state index contributed by atoms with van der Waals surface area (Å²) in [6, 6.07) is 0. The molecule has 6 heteroatoms. The second kappa shape index (κ2) is 13.6. The standard InChI is InChI=1S/C21H39NO5/c1-5-9-12-14-18(23)22(8-4)21(20(26)27,15-11-7-3)17(13-10-6-2)16-19(24)25/h17H,5-16H2,1-4H3,(H,24,25)(H,26,27)/t17?,21-/m0/s1. The minimum atomic E-state index is -1.44. The van der Waals surface area contributed by atoms with Crippen LogP contribution in [0.4, 0.5) is 0 Å². The van der Waals surface area contributed by atoms with E-state index in [1.165, 1.54) is 4.90 Å². The zero-order valence-corrected chi connectivity index (χ0v) is 17.6. The molecule has 1 amide bonds. The van der Waals surface area contributed by atoms with Gasteiger partial charge in [-0.1, -0.05) is 59.3 Å². The molecule has 0 bridgehead atoms. The zero-order chi connectivity index (χ0) is 20.9. The van der Waals surface area contributed by atoms with Gasteiger partial charge in [-0.3, -0.25) is 9.59 Å². The third-order valence-corrected chi connectivity index (χ3v) is 5.38. The van der Waals surface area contributed by atoms with Gasteiger partial charge in [0, 0.05) is 18.9 Å². The SMILES string of the molecule is CCCCCC(=O)N(CC)[C@](CCCC)(C(=O)O)C(CCCC)CC(=O)O. The van der Waals surface area contributed by atoms with Crippen LogP contribution in [0.25, 0.3) is 0 Å². The molecule has 0 spiro atoms. The highest BCUT2D eigenvalue weighted by Gasteiger charge is 2.51. The maximum atomic E-state index is 12.9. The Kier molecular flexibility index (Phi) is 12.8. The molecule has 0 aromatic heterocycles. The summed E-state index contributed by atoms with van der Waals surface area (Å²) < 4.78 is 0. The third kappa shape index (κ3) is 7.51. The van der Waals surface area contributed by atoms with Crippen LogP contribution in [-0.4, -0.2) is 45.0 Å². The number of nitrogens with zero attached hydrogens (tertiary/aromatic N) is 1. The van der Waals surface area contributed by atoms with E-state index in [0.29, 0.717) is 25.7 Å². The molecule has 0 rings (SSSR count). The first-order chi connectivity index (χ1) is 12.8. The summed E-state index contributed by atoms with van der Waals surface area (Å²) in [5, 5.41) is 19.7. The molecule has 0 saturated carbocycles. The Morgan fingerprint density at radius 1 is 0.889 bits per heavy atom. The van der Waals surface area contributed by atoms with Gasteiger partial charge in [0.25, 0.3) is 0 Å². The molecule has 2 N–H and O–H groups in total. The zero-order valence-electron chi connectivity index (χ0n) is 17.6. The summed E-state index contributed by atoms with van der Waals surface area (Å²) in [7, 11) is 0. The van der Waals surface area contributed by atoms with Gasteiger partial charge in [0.1, 0.15) is 5.54 Å². The number of carbonyl (C=O) groups is 3. The maximum Gasteiger partial charge on any atom is 0.329 e. The van der Waals surface area contributed by atoms with Crippen molar-refractivity contribution in [2.24, 2.45) is 5.92 Å². The van der Waals surface area contributed by atoms with E-state index in [2.05, 4.69) is 6.92 Å². The number of carbonyl (C=O) groups excluding carboxylic acids is 1. The van der Waals surface area contributed by atoms with Crippen LogP contribution in [-0.2, 0) is 14.4 Å². The van der Waals surface area contributed by atoms with E-state index in [1.54, 1.807) is 6.92 Å². The lowest BCUT2D eigenvalue weighted by Gasteiger charge is -2.45. The monoisotopic (exact) mass is 385 g/mol. The van der Waals surface area contributed by atoms with Gasteiger partial charge in [-0.25, -0.2) is 4.79 Å². The van der Waals surface area contributed by atoms with Gasteiger partial charge < -0.3 is 15.1 Å². The van der Waals surface area contributed by atoms with E-state index in [-0.39, 0.29) is 18.9 Å². The lowest BCUT2D eigenvalue weighted by atomic mass is 9.73. The van der Waals surface area contributed by atoms with E-state index in [9.17, 15) is 24.6 Å². The van der Waals surface area contributed by atoms with Crippen molar-refractivity contribution in [3.05, 3.63) is 0 Å². The molecule has 0 aliphatic rings. The van der Waals surface area contributed by atoms with Gasteiger partial charge in [0.2, 0.25) is 5.91 Å². The van der Waals surface area contributed by atoms with Gasteiger partial charge in [-0.2, -0.15) is 0 Å². The Labute approximate surface area is 164 Å². The summed E-state index contributed by atoms with van der Waals surface area (Å²) in [5.41, 5.74) is -1.44. The van der Waals surface area contributed by atoms with Crippen LogP contribution in [0.15, 0.2) is 0 Å². The maximum absolute atomic E-state index is 12.9. The van der Waals surface area contributed by atoms with Crippen LogP contribution in [0.1, 0.15) is 98.3 Å². The van der Waals surface area contributed by atoms with E-state index >= 15 is 0 Å². The largest absolute Gasteiger partial charge is 0.481 e. The molecule has 158 valence electrons. The second-order valence-corrected chi connectivity index (χ2v) is 7.37. The molecule has 0 aromatic carbocycles. The quantitative estimate of drug-likeness (QED) is 0.375. The van der Waals surface area contributed by atoms with Crippen LogP contribution in [0.2, 0.25) is 0 Å². The van der Waals surface area contributed by atoms with Crippen molar-refractivity contribution in [2.45, 2.75) is 104 Å². The minimum Gasteiger partial charge on any atom is -0.481 e. The number of hydrogen-bond donors (Lipinski definition) is 2. The Bertz CT molecular complexity index is 465. The van der Waals surface area contributed by atoms with Gasteiger partial charge >= 0.3 is 11.9 Å². The summed E-state index contributed by atoms with van der Waals surface area (Å²) in [6.45, 7) is 8.10.